The van der Waals surface area contributed by atoms with Gasteiger partial charge in [0.15, 0.2) is 0 Å². The molecule has 3 aromatic rings. The van der Waals surface area contributed by atoms with Crippen LogP contribution in [0.3, 0.4) is 0 Å². The largest absolute Gasteiger partial charge is 0.457 e. The predicted molar refractivity (Wildman–Crippen MR) is 102 cm³/mol. The average Bonchev–Trinajstić information content (AvgIpc) is 2.72. The van der Waals surface area contributed by atoms with Crippen molar-refractivity contribution in [1.82, 2.24) is 9.97 Å². The van der Waals surface area contributed by atoms with Gasteiger partial charge in [-0.15, -0.1) is 0 Å². The van der Waals surface area contributed by atoms with E-state index in [0.717, 1.165) is 11.1 Å². The Labute approximate surface area is 156 Å². The van der Waals surface area contributed by atoms with E-state index in [0.29, 0.717) is 5.56 Å². The number of carbonyl (C=O) groups is 2. The molecule has 0 bridgehead atoms. The maximum atomic E-state index is 12.1. The van der Waals surface area contributed by atoms with Crippen LogP contribution in [0.25, 0.3) is 6.08 Å². The summed E-state index contributed by atoms with van der Waals surface area (Å²) < 4.78 is 5.28. The molecule has 0 fully saturated rings. The minimum atomic E-state index is -0.395. The first-order valence-corrected chi connectivity index (χ1v) is 8.28. The third-order valence-corrected chi connectivity index (χ3v) is 3.59. The lowest BCUT2D eigenvalue weighted by Gasteiger charge is -2.05. The van der Waals surface area contributed by atoms with Gasteiger partial charge in [-0.3, -0.25) is 10.1 Å². The number of ether oxygens (including phenoxy) is 1. The van der Waals surface area contributed by atoms with Gasteiger partial charge in [-0.05, 0) is 35.4 Å². The van der Waals surface area contributed by atoms with Crippen molar-refractivity contribution >= 4 is 23.9 Å². The summed E-state index contributed by atoms with van der Waals surface area (Å²) in [5.74, 6) is -0.496. The average molecular weight is 359 g/mol. The van der Waals surface area contributed by atoms with E-state index in [-0.39, 0.29) is 18.5 Å². The molecule has 0 saturated carbocycles. The number of rotatable bonds is 6. The molecule has 0 aliphatic carbocycles. The van der Waals surface area contributed by atoms with Crippen LogP contribution in [0.2, 0.25) is 0 Å². The van der Waals surface area contributed by atoms with Gasteiger partial charge >= 0.3 is 5.97 Å². The number of nitrogens with zero attached hydrogens (tertiary/aromatic N) is 2. The molecule has 1 N–H and O–H groups in total. The van der Waals surface area contributed by atoms with Gasteiger partial charge < -0.3 is 4.74 Å². The summed E-state index contributed by atoms with van der Waals surface area (Å²) in [5.41, 5.74) is 2.16. The maximum Gasteiger partial charge on any atom is 0.338 e. The Balaban J connectivity index is 1.53. The highest BCUT2D eigenvalue weighted by Gasteiger charge is 2.07. The molecule has 2 aromatic carbocycles. The van der Waals surface area contributed by atoms with E-state index >= 15 is 0 Å². The highest BCUT2D eigenvalue weighted by atomic mass is 16.5. The molecule has 0 atom stereocenters. The fourth-order valence-electron chi connectivity index (χ4n) is 2.22. The molecule has 1 amide bonds. The molecule has 1 heterocycles. The van der Waals surface area contributed by atoms with Crippen molar-refractivity contribution in [3.63, 3.8) is 0 Å². The Morgan fingerprint density at radius 3 is 2.33 bits per heavy atom. The first kappa shape index (κ1) is 18.0. The third-order valence-electron chi connectivity index (χ3n) is 3.59. The van der Waals surface area contributed by atoms with Gasteiger partial charge in [0.1, 0.15) is 6.61 Å². The zero-order valence-electron chi connectivity index (χ0n) is 14.4. The molecule has 134 valence electrons. The number of hydrogen-bond acceptors (Lipinski definition) is 5. The highest BCUT2D eigenvalue weighted by Crippen LogP contribution is 2.10. The molecule has 0 unspecified atom stereocenters. The van der Waals surface area contributed by atoms with Crippen LogP contribution in [0.5, 0.6) is 0 Å². The summed E-state index contributed by atoms with van der Waals surface area (Å²) in [5, 5.41) is 2.55. The van der Waals surface area contributed by atoms with Gasteiger partial charge in [0.25, 0.3) is 5.91 Å². The quantitative estimate of drug-likeness (QED) is 0.538. The van der Waals surface area contributed by atoms with Crippen LogP contribution in [-0.4, -0.2) is 21.8 Å². The molecule has 0 saturated heterocycles. The molecule has 0 aliphatic rings. The molecule has 0 spiro atoms. The number of hydrogen-bond donors (Lipinski definition) is 1. The fraction of sp³-hybridized carbons (Fsp3) is 0.0476. The number of amides is 1. The van der Waals surface area contributed by atoms with E-state index in [2.05, 4.69) is 15.3 Å². The zero-order valence-corrected chi connectivity index (χ0v) is 14.4. The second kappa shape index (κ2) is 9.05. The van der Waals surface area contributed by atoms with Crippen molar-refractivity contribution in [3.05, 3.63) is 95.8 Å². The van der Waals surface area contributed by atoms with Crippen LogP contribution in [0.15, 0.2) is 79.1 Å². The van der Waals surface area contributed by atoms with E-state index in [1.807, 2.05) is 30.3 Å². The lowest BCUT2D eigenvalue weighted by atomic mass is 10.1. The van der Waals surface area contributed by atoms with Crippen molar-refractivity contribution in [3.8, 4) is 0 Å². The molecular formula is C21H17N3O3. The second-order valence-corrected chi connectivity index (χ2v) is 5.58. The lowest BCUT2D eigenvalue weighted by molar-refractivity contribution is -0.111. The first-order chi connectivity index (χ1) is 13.2. The number of carbonyl (C=O) groups excluding carboxylic acids is 2. The molecule has 1 aromatic heterocycles. The SMILES string of the molecule is O=C(/C=C/c1ccc(C(=O)OCc2ccccc2)cc1)Nc1ncccn1. The number of aromatic nitrogens is 2. The van der Waals surface area contributed by atoms with Gasteiger partial charge in [-0.2, -0.15) is 0 Å². The first-order valence-electron chi connectivity index (χ1n) is 8.28. The lowest BCUT2D eigenvalue weighted by Crippen LogP contribution is -2.10. The summed E-state index contributed by atoms with van der Waals surface area (Å²) >= 11 is 0. The van der Waals surface area contributed by atoms with E-state index < -0.39 is 5.97 Å². The Bertz CT molecular complexity index is 924. The van der Waals surface area contributed by atoms with Crippen molar-refractivity contribution in [2.75, 3.05) is 5.32 Å². The van der Waals surface area contributed by atoms with Crippen LogP contribution in [0.4, 0.5) is 5.95 Å². The second-order valence-electron chi connectivity index (χ2n) is 5.58. The molecule has 0 aliphatic heterocycles. The Morgan fingerprint density at radius 2 is 1.63 bits per heavy atom. The zero-order chi connectivity index (χ0) is 18.9. The van der Waals surface area contributed by atoms with Crippen LogP contribution in [0.1, 0.15) is 21.5 Å². The van der Waals surface area contributed by atoms with Gasteiger partial charge in [0, 0.05) is 18.5 Å². The predicted octanol–water partition coefficient (Wildman–Crippen LogP) is 3.49. The monoisotopic (exact) mass is 359 g/mol. The summed E-state index contributed by atoms with van der Waals surface area (Å²) in [4.78, 5) is 31.7. The number of esters is 1. The molecule has 0 radical (unpaired) electrons. The Morgan fingerprint density at radius 1 is 0.926 bits per heavy atom. The highest BCUT2D eigenvalue weighted by molar-refractivity contribution is 6.01. The minimum Gasteiger partial charge on any atom is -0.457 e. The van der Waals surface area contributed by atoms with Crippen LogP contribution in [-0.2, 0) is 16.1 Å². The van der Waals surface area contributed by atoms with Crippen molar-refractivity contribution in [2.24, 2.45) is 0 Å². The van der Waals surface area contributed by atoms with Crippen molar-refractivity contribution in [1.29, 1.82) is 0 Å². The summed E-state index contributed by atoms with van der Waals surface area (Å²) in [7, 11) is 0. The topological polar surface area (TPSA) is 81.2 Å². The Kier molecular flexibility index (Phi) is 6.04. The molecule has 3 rings (SSSR count). The van der Waals surface area contributed by atoms with E-state index in [4.69, 9.17) is 4.74 Å². The minimum absolute atomic E-state index is 0.225. The van der Waals surface area contributed by atoms with Crippen LogP contribution >= 0.6 is 0 Å². The summed E-state index contributed by atoms with van der Waals surface area (Å²) in [6.07, 6.45) is 6.10. The number of anilines is 1. The van der Waals surface area contributed by atoms with Crippen LogP contribution in [0, 0.1) is 0 Å². The number of benzene rings is 2. The van der Waals surface area contributed by atoms with Gasteiger partial charge in [-0.1, -0.05) is 42.5 Å². The third kappa shape index (κ3) is 5.61. The summed E-state index contributed by atoms with van der Waals surface area (Å²) in [6, 6.07) is 17.9. The smallest absolute Gasteiger partial charge is 0.338 e. The fourth-order valence-corrected chi connectivity index (χ4v) is 2.22. The molecule has 27 heavy (non-hydrogen) atoms. The van der Waals surface area contributed by atoms with Crippen molar-refractivity contribution < 1.29 is 14.3 Å². The van der Waals surface area contributed by atoms with E-state index in [1.165, 1.54) is 6.08 Å². The van der Waals surface area contributed by atoms with Crippen LogP contribution < -0.4 is 5.32 Å². The van der Waals surface area contributed by atoms with E-state index in [1.54, 1.807) is 48.8 Å². The molecular weight excluding hydrogens is 342 g/mol. The molecule has 6 heteroatoms. The van der Waals surface area contributed by atoms with Crippen molar-refractivity contribution in [2.45, 2.75) is 6.61 Å². The number of nitrogens with one attached hydrogen (secondary N) is 1. The summed E-state index contributed by atoms with van der Waals surface area (Å²) in [6.45, 7) is 0.225. The van der Waals surface area contributed by atoms with E-state index in [9.17, 15) is 9.59 Å². The van der Waals surface area contributed by atoms with Gasteiger partial charge in [0.2, 0.25) is 5.95 Å². The maximum absolute atomic E-state index is 12.1. The Hall–Kier alpha value is -3.80. The van der Waals surface area contributed by atoms with Gasteiger partial charge in [0.05, 0.1) is 5.56 Å². The standard InChI is InChI=1S/C21H17N3O3/c25-19(24-21-22-13-4-14-23-21)12-9-16-7-10-18(11-8-16)20(26)27-15-17-5-2-1-3-6-17/h1-14H,15H2,(H,22,23,24,25)/b12-9+. The van der Waals surface area contributed by atoms with Gasteiger partial charge in [-0.25, -0.2) is 14.8 Å². The molecule has 6 nitrogen and oxygen atoms in total. The normalized spacial score (nSPS) is 10.5.